The number of nitrogens with two attached hydrogens (primary N) is 1. The Labute approximate surface area is 95.1 Å². The third-order valence-electron chi connectivity index (χ3n) is 1.91. The number of hydrogen-bond donors (Lipinski definition) is 1. The molecule has 1 unspecified atom stereocenters. The van der Waals surface area contributed by atoms with Gasteiger partial charge in [0.25, 0.3) is 0 Å². The van der Waals surface area contributed by atoms with Gasteiger partial charge in [-0.2, -0.15) is 4.98 Å². The number of nitrogens with zero attached hydrogens (tertiary/aromatic N) is 2. The summed E-state index contributed by atoms with van der Waals surface area (Å²) in [6, 6.07) is 0.0336. The van der Waals surface area contributed by atoms with Crippen molar-refractivity contribution in [2.75, 3.05) is 26.9 Å². The fourth-order valence-electron chi connectivity index (χ4n) is 1.16. The van der Waals surface area contributed by atoms with Crippen LogP contribution in [0.3, 0.4) is 0 Å². The van der Waals surface area contributed by atoms with Crippen molar-refractivity contribution < 1.29 is 14.0 Å². The molecule has 0 aliphatic carbocycles. The Hall–Kier alpha value is -0.980. The second kappa shape index (κ2) is 7.32. The molecule has 2 N–H and O–H groups in total. The van der Waals surface area contributed by atoms with Gasteiger partial charge in [0.2, 0.25) is 5.89 Å². The molecule has 1 aromatic heterocycles. The highest BCUT2D eigenvalue weighted by Crippen LogP contribution is 2.01. The summed E-state index contributed by atoms with van der Waals surface area (Å²) >= 11 is 0. The molecule has 6 heteroatoms. The van der Waals surface area contributed by atoms with Crippen molar-refractivity contribution in [1.29, 1.82) is 0 Å². The summed E-state index contributed by atoms with van der Waals surface area (Å²) in [5.41, 5.74) is 5.62. The predicted octanol–water partition coefficient (Wildman–Crippen LogP) is 0.165. The average Bonchev–Trinajstić information content (AvgIpc) is 2.64. The van der Waals surface area contributed by atoms with Crippen molar-refractivity contribution in [2.45, 2.75) is 25.8 Å². The zero-order valence-electron chi connectivity index (χ0n) is 9.81. The quantitative estimate of drug-likeness (QED) is 0.639. The van der Waals surface area contributed by atoms with Gasteiger partial charge in [-0.1, -0.05) is 5.16 Å². The van der Waals surface area contributed by atoms with Gasteiger partial charge in [0.15, 0.2) is 5.82 Å². The van der Waals surface area contributed by atoms with E-state index in [0.29, 0.717) is 44.4 Å². The van der Waals surface area contributed by atoms with Crippen LogP contribution in [0.1, 0.15) is 18.6 Å². The monoisotopic (exact) mass is 229 g/mol. The minimum Gasteiger partial charge on any atom is -0.382 e. The summed E-state index contributed by atoms with van der Waals surface area (Å²) in [7, 11) is 1.64. The normalized spacial score (nSPS) is 12.9. The molecule has 1 heterocycles. The van der Waals surface area contributed by atoms with Crippen molar-refractivity contribution in [2.24, 2.45) is 5.73 Å². The maximum Gasteiger partial charge on any atom is 0.228 e. The molecule has 92 valence electrons. The lowest BCUT2D eigenvalue weighted by atomic mass is 10.2. The Kier molecular flexibility index (Phi) is 5.99. The van der Waals surface area contributed by atoms with Gasteiger partial charge in [-0.3, -0.25) is 0 Å². The van der Waals surface area contributed by atoms with Crippen LogP contribution >= 0.6 is 0 Å². The molecule has 6 nitrogen and oxygen atoms in total. The highest BCUT2D eigenvalue weighted by atomic mass is 16.5. The molecule has 0 amide bonds. The lowest BCUT2D eigenvalue weighted by Gasteiger charge is -2.00. The maximum absolute atomic E-state index is 5.62. The Morgan fingerprint density at radius 1 is 1.38 bits per heavy atom. The van der Waals surface area contributed by atoms with Crippen LogP contribution in [0.5, 0.6) is 0 Å². The van der Waals surface area contributed by atoms with E-state index in [1.54, 1.807) is 7.11 Å². The van der Waals surface area contributed by atoms with Crippen molar-refractivity contribution in [3.05, 3.63) is 11.7 Å². The Bertz CT molecular complexity index is 289. The van der Waals surface area contributed by atoms with Gasteiger partial charge in [-0.05, 0) is 6.92 Å². The van der Waals surface area contributed by atoms with Crippen molar-refractivity contribution >= 4 is 0 Å². The van der Waals surface area contributed by atoms with E-state index in [9.17, 15) is 0 Å². The number of rotatable bonds is 8. The zero-order chi connectivity index (χ0) is 11.8. The van der Waals surface area contributed by atoms with E-state index in [-0.39, 0.29) is 6.04 Å². The highest BCUT2D eigenvalue weighted by molar-refractivity contribution is 4.88. The van der Waals surface area contributed by atoms with E-state index in [2.05, 4.69) is 10.1 Å². The Morgan fingerprint density at radius 3 is 2.88 bits per heavy atom. The predicted molar refractivity (Wildman–Crippen MR) is 58.1 cm³/mol. The van der Waals surface area contributed by atoms with Gasteiger partial charge in [-0.15, -0.1) is 0 Å². The molecule has 16 heavy (non-hydrogen) atoms. The maximum atomic E-state index is 5.62. The topological polar surface area (TPSA) is 83.4 Å². The summed E-state index contributed by atoms with van der Waals surface area (Å²) < 4.78 is 15.2. The zero-order valence-corrected chi connectivity index (χ0v) is 9.81. The first-order chi connectivity index (χ1) is 7.72. The van der Waals surface area contributed by atoms with Crippen LogP contribution in [-0.2, 0) is 22.3 Å². The summed E-state index contributed by atoms with van der Waals surface area (Å²) in [4.78, 5) is 4.20. The summed E-state index contributed by atoms with van der Waals surface area (Å²) in [6.45, 7) is 3.65. The van der Waals surface area contributed by atoms with Crippen LogP contribution < -0.4 is 5.73 Å². The molecule has 0 saturated carbocycles. The van der Waals surface area contributed by atoms with Crippen LogP contribution in [0, 0.1) is 0 Å². The van der Waals surface area contributed by atoms with Crippen LogP contribution in [0.25, 0.3) is 0 Å². The van der Waals surface area contributed by atoms with E-state index in [4.69, 9.17) is 19.7 Å². The van der Waals surface area contributed by atoms with Crippen LogP contribution in [0.4, 0.5) is 0 Å². The second-order valence-corrected chi connectivity index (χ2v) is 3.64. The molecule has 0 aliphatic heterocycles. The van der Waals surface area contributed by atoms with E-state index in [1.807, 2.05) is 6.92 Å². The molecule has 1 rings (SSSR count). The third kappa shape index (κ3) is 5.20. The summed E-state index contributed by atoms with van der Waals surface area (Å²) in [5.74, 6) is 1.25. The van der Waals surface area contributed by atoms with Crippen LogP contribution in [-0.4, -0.2) is 43.1 Å². The van der Waals surface area contributed by atoms with Crippen molar-refractivity contribution in [1.82, 2.24) is 10.1 Å². The van der Waals surface area contributed by atoms with Gasteiger partial charge < -0.3 is 19.7 Å². The molecular weight excluding hydrogens is 210 g/mol. The number of hydrogen-bond acceptors (Lipinski definition) is 6. The summed E-state index contributed by atoms with van der Waals surface area (Å²) in [5, 5.41) is 3.83. The summed E-state index contributed by atoms with van der Waals surface area (Å²) in [6.07, 6.45) is 1.25. The van der Waals surface area contributed by atoms with E-state index >= 15 is 0 Å². The molecule has 0 bridgehead atoms. The molecule has 0 aromatic carbocycles. The molecule has 0 radical (unpaired) electrons. The van der Waals surface area contributed by atoms with Crippen molar-refractivity contribution in [3.8, 4) is 0 Å². The molecule has 0 saturated heterocycles. The van der Waals surface area contributed by atoms with Crippen LogP contribution in [0.15, 0.2) is 4.52 Å². The number of aromatic nitrogens is 2. The van der Waals surface area contributed by atoms with Crippen molar-refractivity contribution in [3.63, 3.8) is 0 Å². The van der Waals surface area contributed by atoms with Gasteiger partial charge in [0.1, 0.15) is 0 Å². The Balaban J connectivity index is 2.19. The first-order valence-electron chi connectivity index (χ1n) is 5.36. The average molecular weight is 229 g/mol. The molecule has 0 spiro atoms. The molecular formula is C10H19N3O3. The smallest absolute Gasteiger partial charge is 0.228 e. The van der Waals surface area contributed by atoms with Crippen LogP contribution in [0.2, 0.25) is 0 Å². The minimum atomic E-state index is 0.0336. The molecule has 1 atom stereocenters. The standard InChI is InChI=1S/C10H19N3O3/c1-8(11)7-10-12-9(13-16-10)3-4-15-6-5-14-2/h8H,3-7,11H2,1-2H3. The first-order valence-corrected chi connectivity index (χ1v) is 5.36. The largest absolute Gasteiger partial charge is 0.382 e. The number of ether oxygens (including phenoxy) is 2. The Morgan fingerprint density at radius 2 is 2.19 bits per heavy atom. The molecule has 0 aliphatic rings. The second-order valence-electron chi connectivity index (χ2n) is 3.64. The first kappa shape index (κ1) is 13.1. The minimum absolute atomic E-state index is 0.0336. The molecule has 1 aromatic rings. The van der Waals surface area contributed by atoms with Gasteiger partial charge in [0, 0.05) is 26.0 Å². The van der Waals surface area contributed by atoms with E-state index < -0.39 is 0 Å². The van der Waals surface area contributed by atoms with Gasteiger partial charge in [0.05, 0.1) is 19.8 Å². The van der Waals surface area contributed by atoms with E-state index in [0.717, 1.165) is 0 Å². The number of methoxy groups -OCH3 is 1. The lowest BCUT2D eigenvalue weighted by molar-refractivity contribution is 0.0714. The lowest BCUT2D eigenvalue weighted by Crippen LogP contribution is -2.17. The van der Waals surface area contributed by atoms with Gasteiger partial charge in [-0.25, -0.2) is 0 Å². The SMILES string of the molecule is COCCOCCc1noc(CC(C)N)n1. The fraction of sp³-hybridized carbons (Fsp3) is 0.800. The highest BCUT2D eigenvalue weighted by Gasteiger charge is 2.07. The van der Waals surface area contributed by atoms with E-state index in [1.165, 1.54) is 0 Å². The van der Waals surface area contributed by atoms with Gasteiger partial charge >= 0.3 is 0 Å². The fourth-order valence-corrected chi connectivity index (χ4v) is 1.16. The third-order valence-corrected chi connectivity index (χ3v) is 1.91. The molecule has 0 fully saturated rings.